The number of benzene rings is 1. The first-order valence-corrected chi connectivity index (χ1v) is 8.62. The van der Waals surface area contributed by atoms with Gasteiger partial charge >= 0.3 is 0 Å². The smallest absolute Gasteiger partial charge is 0.292 e. The summed E-state index contributed by atoms with van der Waals surface area (Å²) in [5, 5.41) is 8.33. The average molecular weight is 348 g/mol. The molecule has 3 heterocycles. The van der Waals surface area contributed by atoms with E-state index in [0.717, 1.165) is 0 Å². The molecule has 1 atom stereocenters. The van der Waals surface area contributed by atoms with Gasteiger partial charge in [-0.2, -0.15) is 0 Å². The van der Waals surface area contributed by atoms with Crippen LogP contribution in [-0.4, -0.2) is 41.6 Å². The van der Waals surface area contributed by atoms with E-state index in [4.69, 9.17) is 0 Å². The molecular weight excluding hydrogens is 328 g/mol. The molecule has 1 aromatic carbocycles. The second kappa shape index (κ2) is 6.33. The fraction of sp³-hybridized carbons (Fsp3) is 0.316. The quantitative estimate of drug-likeness (QED) is 0.726. The number of carbonyl (C=O) groups is 1. The van der Waals surface area contributed by atoms with Crippen LogP contribution >= 0.6 is 0 Å². The summed E-state index contributed by atoms with van der Waals surface area (Å²) in [4.78, 5) is 23.3. The van der Waals surface area contributed by atoms with Crippen molar-refractivity contribution in [2.24, 2.45) is 0 Å². The highest BCUT2D eigenvalue weighted by Crippen LogP contribution is 2.25. The van der Waals surface area contributed by atoms with Crippen LogP contribution in [0.1, 0.15) is 34.2 Å². The van der Waals surface area contributed by atoms with E-state index in [1.54, 1.807) is 18.6 Å². The van der Waals surface area contributed by atoms with Gasteiger partial charge in [0.25, 0.3) is 5.91 Å². The molecule has 0 radical (unpaired) electrons. The lowest BCUT2D eigenvalue weighted by molar-refractivity contribution is 0.0587. The standard InChI is InChI=1S/C19H20N6O/c1-12-5-4-6-13(2)15(12)11-24-14(3)10-25-17(16-9-20-7-8-21-16)22-23-18(25)19(24)26/h4-9,14H,10-11H2,1-3H3/t14-/m0/s1. The van der Waals surface area contributed by atoms with E-state index in [9.17, 15) is 4.79 Å². The van der Waals surface area contributed by atoms with E-state index in [0.29, 0.717) is 30.4 Å². The molecule has 0 saturated carbocycles. The molecule has 1 amide bonds. The first-order valence-electron chi connectivity index (χ1n) is 8.62. The average Bonchev–Trinajstić information content (AvgIpc) is 3.05. The molecule has 26 heavy (non-hydrogen) atoms. The Morgan fingerprint density at radius 1 is 1.12 bits per heavy atom. The summed E-state index contributed by atoms with van der Waals surface area (Å²) >= 11 is 0. The van der Waals surface area contributed by atoms with Gasteiger partial charge in [0.05, 0.1) is 6.20 Å². The van der Waals surface area contributed by atoms with Crippen LogP contribution in [-0.2, 0) is 13.1 Å². The van der Waals surface area contributed by atoms with Crippen LogP contribution in [0.4, 0.5) is 0 Å². The minimum absolute atomic E-state index is 0.0282. The van der Waals surface area contributed by atoms with Crippen molar-refractivity contribution in [1.29, 1.82) is 0 Å². The molecule has 7 heteroatoms. The molecule has 0 bridgehead atoms. The second-order valence-electron chi connectivity index (χ2n) is 6.70. The molecular formula is C19H20N6O. The fourth-order valence-electron chi connectivity index (χ4n) is 3.43. The van der Waals surface area contributed by atoms with E-state index >= 15 is 0 Å². The molecule has 0 N–H and O–H groups in total. The van der Waals surface area contributed by atoms with Gasteiger partial charge in [0.15, 0.2) is 5.82 Å². The summed E-state index contributed by atoms with van der Waals surface area (Å²) in [5.74, 6) is 0.837. The van der Waals surface area contributed by atoms with Gasteiger partial charge in [-0.3, -0.25) is 14.3 Å². The molecule has 2 aromatic heterocycles. The normalized spacial score (nSPS) is 16.7. The minimum Gasteiger partial charge on any atom is -0.327 e. The van der Waals surface area contributed by atoms with Gasteiger partial charge in [0.2, 0.25) is 5.82 Å². The third kappa shape index (κ3) is 2.65. The van der Waals surface area contributed by atoms with Crippen LogP contribution in [0, 0.1) is 13.8 Å². The number of amides is 1. The number of hydrogen-bond acceptors (Lipinski definition) is 5. The van der Waals surface area contributed by atoms with Crippen molar-refractivity contribution >= 4 is 5.91 Å². The summed E-state index contributed by atoms with van der Waals surface area (Å²) in [6.45, 7) is 7.41. The Bertz CT molecular complexity index is 945. The second-order valence-corrected chi connectivity index (χ2v) is 6.70. The Morgan fingerprint density at radius 3 is 2.54 bits per heavy atom. The Hall–Kier alpha value is -3.09. The van der Waals surface area contributed by atoms with Crippen molar-refractivity contribution in [1.82, 2.24) is 29.6 Å². The maximum Gasteiger partial charge on any atom is 0.292 e. The summed E-state index contributed by atoms with van der Waals surface area (Å²) in [6.07, 6.45) is 4.85. The molecule has 1 aliphatic rings. The third-order valence-corrected chi connectivity index (χ3v) is 4.95. The molecule has 0 saturated heterocycles. The van der Waals surface area contributed by atoms with Crippen LogP contribution in [0.15, 0.2) is 36.8 Å². The van der Waals surface area contributed by atoms with Gasteiger partial charge in [-0.25, -0.2) is 4.98 Å². The van der Waals surface area contributed by atoms with E-state index in [2.05, 4.69) is 53.1 Å². The van der Waals surface area contributed by atoms with E-state index < -0.39 is 0 Å². The molecule has 3 aromatic rings. The number of hydrogen-bond donors (Lipinski definition) is 0. The summed E-state index contributed by atoms with van der Waals surface area (Å²) in [6, 6.07) is 6.23. The summed E-state index contributed by atoms with van der Waals surface area (Å²) < 4.78 is 1.85. The minimum atomic E-state index is -0.103. The zero-order chi connectivity index (χ0) is 18.3. The van der Waals surface area contributed by atoms with Gasteiger partial charge in [-0.1, -0.05) is 18.2 Å². The van der Waals surface area contributed by atoms with E-state index in [1.165, 1.54) is 16.7 Å². The van der Waals surface area contributed by atoms with Gasteiger partial charge in [0.1, 0.15) is 5.69 Å². The first kappa shape index (κ1) is 16.4. The van der Waals surface area contributed by atoms with Gasteiger partial charge in [-0.05, 0) is 37.5 Å². The molecule has 7 nitrogen and oxygen atoms in total. The van der Waals surface area contributed by atoms with E-state index in [1.807, 2.05) is 15.5 Å². The summed E-state index contributed by atoms with van der Waals surface area (Å²) in [5.41, 5.74) is 4.19. The topological polar surface area (TPSA) is 76.8 Å². The van der Waals surface area contributed by atoms with Crippen molar-refractivity contribution in [3.05, 3.63) is 59.3 Å². The van der Waals surface area contributed by atoms with Crippen molar-refractivity contribution in [3.63, 3.8) is 0 Å². The molecule has 0 unspecified atom stereocenters. The highest BCUT2D eigenvalue weighted by atomic mass is 16.2. The number of nitrogens with zero attached hydrogens (tertiary/aromatic N) is 6. The van der Waals surface area contributed by atoms with Crippen LogP contribution in [0.25, 0.3) is 11.5 Å². The van der Waals surface area contributed by atoms with Crippen LogP contribution in [0.2, 0.25) is 0 Å². The lowest BCUT2D eigenvalue weighted by Crippen LogP contribution is -2.46. The maximum absolute atomic E-state index is 13.1. The van der Waals surface area contributed by atoms with Crippen molar-refractivity contribution in [3.8, 4) is 11.5 Å². The van der Waals surface area contributed by atoms with Crippen molar-refractivity contribution in [2.75, 3.05) is 0 Å². The molecule has 0 fully saturated rings. The highest BCUT2D eigenvalue weighted by molar-refractivity contribution is 5.92. The molecule has 132 valence electrons. The number of fused-ring (bicyclic) bond motifs is 1. The molecule has 4 rings (SSSR count). The van der Waals surface area contributed by atoms with Gasteiger partial charge in [-0.15, -0.1) is 10.2 Å². The summed E-state index contributed by atoms with van der Waals surface area (Å²) in [7, 11) is 0. The predicted molar refractivity (Wildman–Crippen MR) is 96.3 cm³/mol. The number of carbonyl (C=O) groups excluding carboxylic acids is 1. The van der Waals surface area contributed by atoms with Gasteiger partial charge in [0, 0.05) is 31.5 Å². The van der Waals surface area contributed by atoms with Crippen molar-refractivity contribution in [2.45, 2.75) is 39.9 Å². The number of aryl methyl sites for hydroxylation is 2. The zero-order valence-electron chi connectivity index (χ0n) is 15.0. The van der Waals surface area contributed by atoms with Gasteiger partial charge < -0.3 is 4.90 Å². The Labute approximate surface area is 151 Å². The molecule has 1 aliphatic heterocycles. The van der Waals surface area contributed by atoms with Crippen LogP contribution in [0.3, 0.4) is 0 Å². The monoisotopic (exact) mass is 348 g/mol. The lowest BCUT2D eigenvalue weighted by atomic mass is 10.0. The molecule has 0 spiro atoms. The molecule has 0 aliphatic carbocycles. The number of rotatable bonds is 3. The first-order chi connectivity index (χ1) is 12.6. The lowest BCUT2D eigenvalue weighted by Gasteiger charge is -2.34. The Morgan fingerprint density at radius 2 is 1.85 bits per heavy atom. The SMILES string of the molecule is Cc1cccc(C)c1CN1C(=O)c2nnc(-c3cnccn3)n2C[C@@H]1C. The Kier molecular flexibility index (Phi) is 3.99. The maximum atomic E-state index is 13.1. The third-order valence-electron chi connectivity index (χ3n) is 4.95. The largest absolute Gasteiger partial charge is 0.327 e. The fourth-order valence-corrected chi connectivity index (χ4v) is 3.43. The van der Waals surface area contributed by atoms with Crippen LogP contribution < -0.4 is 0 Å². The van der Waals surface area contributed by atoms with E-state index in [-0.39, 0.29) is 11.9 Å². The van der Waals surface area contributed by atoms with Crippen molar-refractivity contribution < 1.29 is 4.79 Å². The zero-order valence-corrected chi connectivity index (χ0v) is 15.0. The predicted octanol–water partition coefficient (Wildman–Crippen LogP) is 2.40. The number of aromatic nitrogens is 5. The highest BCUT2D eigenvalue weighted by Gasteiger charge is 2.34. The van der Waals surface area contributed by atoms with Crippen LogP contribution in [0.5, 0.6) is 0 Å². The Balaban J connectivity index is 1.69.